The van der Waals surface area contributed by atoms with Crippen molar-refractivity contribution >= 4 is 39.1 Å². The number of benzene rings is 1. The van der Waals surface area contributed by atoms with E-state index in [1.807, 2.05) is 0 Å². The molecule has 1 atom stereocenters. The molecule has 0 saturated heterocycles. The fourth-order valence-electron chi connectivity index (χ4n) is 2.09. The second-order valence-electron chi connectivity index (χ2n) is 5.06. The lowest BCUT2D eigenvalue weighted by Crippen LogP contribution is -2.49. The summed E-state index contributed by atoms with van der Waals surface area (Å²) in [6, 6.07) is 4.05. The number of halogens is 1. The van der Waals surface area contributed by atoms with E-state index in [2.05, 4.69) is 0 Å². The molecular weight excluding hydrogens is 346 g/mol. The lowest BCUT2D eigenvalue weighted by atomic mass is 10.2. The van der Waals surface area contributed by atoms with E-state index < -0.39 is 27.9 Å². The van der Waals surface area contributed by atoms with E-state index in [-0.39, 0.29) is 23.1 Å². The molecule has 126 valence electrons. The second-order valence-corrected chi connectivity index (χ2v) is 7.48. The Labute approximate surface area is 138 Å². The van der Waals surface area contributed by atoms with E-state index in [1.165, 1.54) is 37.2 Å². The van der Waals surface area contributed by atoms with Gasteiger partial charge in [-0.25, -0.2) is 12.7 Å². The first-order chi connectivity index (χ1) is 10.7. The molecule has 1 aromatic carbocycles. The number of alkyl halides is 1. The molecule has 10 heteroatoms. The number of ether oxygens (including phenoxy) is 1. The molecule has 0 saturated carbocycles. The average molecular weight is 362 g/mol. The highest BCUT2D eigenvalue weighted by Crippen LogP contribution is 2.36. The van der Waals surface area contributed by atoms with Crippen molar-refractivity contribution in [1.82, 2.24) is 4.31 Å². The molecule has 0 aliphatic carbocycles. The minimum Gasteiger partial charge on any atom is -0.476 e. The molecule has 23 heavy (non-hydrogen) atoms. The number of carbonyl (C=O) groups excluding carboxylic acids is 2. The topological polar surface area (TPSA) is 110 Å². The molecule has 0 radical (unpaired) electrons. The van der Waals surface area contributed by atoms with Crippen LogP contribution in [-0.2, 0) is 19.6 Å². The Morgan fingerprint density at radius 3 is 2.61 bits per heavy atom. The standard InChI is InChI=1S/C13H16ClN3O5S/c1-16(2)23(20,21)8-3-4-9-10(5-8)22-11(13(15)19)7-17(9)12(18)6-14/h3-5,11H,6-7H2,1-2H3,(H2,15,19). The van der Waals surface area contributed by atoms with Gasteiger partial charge < -0.3 is 15.4 Å². The van der Waals surface area contributed by atoms with Gasteiger partial charge in [0.15, 0.2) is 6.10 Å². The molecule has 1 unspecified atom stereocenters. The Balaban J connectivity index is 2.54. The molecular formula is C13H16ClN3O5S. The lowest BCUT2D eigenvalue weighted by Gasteiger charge is -2.33. The summed E-state index contributed by atoms with van der Waals surface area (Å²) < 4.78 is 30.8. The van der Waals surface area contributed by atoms with Gasteiger partial charge in [-0.05, 0) is 12.1 Å². The van der Waals surface area contributed by atoms with Gasteiger partial charge >= 0.3 is 0 Å². The summed E-state index contributed by atoms with van der Waals surface area (Å²) in [6.45, 7) is -0.0757. The van der Waals surface area contributed by atoms with Gasteiger partial charge in [-0.1, -0.05) is 0 Å². The van der Waals surface area contributed by atoms with Gasteiger partial charge in [0.1, 0.15) is 11.6 Å². The molecule has 0 spiro atoms. The summed E-state index contributed by atoms with van der Waals surface area (Å²) in [5.74, 6) is -1.40. The molecule has 0 bridgehead atoms. The highest BCUT2D eigenvalue weighted by Gasteiger charge is 2.33. The van der Waals surface area contributed by atoms with Crippen LogP contribution in [0.15, 0.2) is 23.1 Å². The minimum absolute atomic E-state index is 0.0235. The number of hydrogen-bond donors (Lipinski definition) is 1. The van der Waals surface area contributed by atoms with Gasteiger partial charge in [0.25, 0.3) is 5.91 Å². The Bertz CT molecular complexity index is 750. The zero-order valence-electron chi connectivity index (χ0n) is 12.5. The molecule has 2 amide bonds. The minimum atomic E-state index is -3.68. The largest absolute Gasteiger partial charge is 0.476 e. The number of sulfonamides is 1. The third-order valence-electron chi connectivity index (χ3n) is 3.35. The van der Waals surface area contributed by atoms with Crippen molar-refractivity contribution in [1.29, 1.82) is 0 Å². The summed E-state index contributed by atoms with van der Waals surface area (Å²) in [4.78, 5) is 24.6. The maximum atomic E-state index is 12.2. The highest BCUT2D eigenvalue weighted by molar-refractivity contribution is 7.89. The van der Waals surface area contributed by atoms with Crippen molar-refractivity contribution in [3.63, 3.8) is 0 Å². The number of carbonyl (C=O) groups is 2. The molecule has 1 heterocycles. The fraction of sp³-hybridized carbons (Fsp3) is 0.385. The van der Waals surface area contributed by atoms with E-state index >= 15 is 0 Å². The van der Waals surface area contributed by atoms with E-state index in [4.69, 9.17) is 22.1 Å². The quantitative estimate of drug-likeness (QED) is 0.744. The Hall–Kier alpha value is -1.84. The van der Waals surface area contributed by atoms with Crippen molar-refractivity contribution in [2.45, 2.75) is 11.0 Å². The van der Waals surface area contributed by atoms with E-state index in [0.717, 1.165) is 4.31 Å². The number of nitrogens with two attached hydrogens (primary N) is 1. The average Bonchev–Trinajstić information content (AvgIpc) is 2.52. The number of hydrogen-bond acceptors (Lipinski definition) is 5. The van der Waals surface area contributed by atoms with Crippen LogP contribution in [0.4, 0.5) is 5.69 Å². The number of amides is 2. The normalized spacial score (nSPS) is 17.6. The summed E-state index contributed by atoms with van der Waals surface area (Å²) >= 11 is 5.57. The van der Waals surface area contributed by atoms with Gasteiger partial charge in [-0.15, -0.1) is 11.6 Å². The summed E-state index contributed by atoms with van der Waals surface area (Å²) in [5.41, 5.74) is 5.58. The lowest BCUT2D eigenvalue weighted by molar-refractivity contribution is -0.125. The predicted octanol–water partition coefficient (Wildman–Crippen LogP) is -0.245. The highest BCUT2D eigenvalue weighted by atomic mass is 35.5. The van der Waals surface area contributed by atoms with Gasteiger partial charge in [0, 0.05) is 20.2 Å². The number of rotatable bonds is 4. The molecule has 1 aliphatic rings. The Morgan fingerprint density at radius 1 is 1.43 bits per heavy atom. The van der Waals surface area contributed by atoms with Crippen molar-refractivity contribution < 1.29 is 22.7 Å². The third-order valence-corrected chi connectivity index (χ3v) is 5.39. The maximum Gasteiger partial charge on any atom is 0.260 e. The molecule has 0 aromatic heterocycles. The first-order valence-corrected chi connectivity index (χ1v) is 8.55. The van der Waals surface area contributed by atoms with Gasteiger partial charge in [-0.3, -0.25) is 9.59 Å². The number of nitrogens with zero attached hydrogens (tertiary/aromatic N) is 2. The fourth-order valence-corrected chi connectivity index (χ4v) is 3.16. The monoisotopic (exact) mass is 361 g/mol. The van der Waals surface area contributed by atoms with Crippen LogP contribution in [0, 0.1) is 0 Å². The molecule has 1 aromatic rings. The third kappa shape index (κ3) is 3.26. The van der Waals surface area contributed by atoms with Gasteiger partial charge in [-0.2, -0.15) is 0 Å². The SMILES string of the molecule is CN(C)S(=O)(=O)c1ccc2c(c1)OC(C(N)=O)CN2C(=O)CCl. The molecule has 0 fully saturated rings. The molecule has 8 nitrogen and oxygen atoms in total. The van der Waals surface area contributed by atoms with Gasteiger partial charge in [0.05, 0.1) is 17.1 Å². The van der Waals surface area contributed by atoms with Crippen LogP contribution in [-0.4, -0.2) is 57.2 Å². The smallest absolute Gasteiger partial charge is 0.260 e. The molecule has 1 aliphatic heterocycles. The van der Waals surface area contributed by atoms with Gasteiger partial charge in [0.2, 0.25) is 15.9 Å². The van der Waals surface area contributed by atoms with Crippen molar-refractivity contribution in [2.75, 3.05) is 31.4 Å². The van der Waals surface area contributed by atoms with Crippen LogP contribution in [0.25, 0.3) is 0 Å². The van der Waals surface area contributed by atoms with E-state index in [9.17, 15) is 18.0 Å². The molecule has 2 N–H and O–H groups in total. The predicted molar refractivity (Wildman–Crippen MR) is 84.0 cm³/mol. The van der Waals surface area contributed by atoms with E-state index in [1.54, 1.807) is 0 Å². The summed E-state index contributed by atoms with van der Waals surface area (Å²) in [6.07, 6.45) is -1.08. The zero-order valence-corrected chi connectivity index (χ0v) is 14.1. The molecule has 2 rings (SSSR count). The number of fused-ring (bicyclic) bond motifs is 1. The van der Waals surface area contributed by atoms with Crippen molar-refractivity contribution in [3.05, 3.63) is 18.2 Å². The number of primary amides is 1. The first kappa shape index (κ1) is 17.5. The van der Waals surface area contributed by atoms with Crippen LogP contribution >= 0.6 is 11.6 Å². The summed E-state index contributed by atoms with van der Waals surface area (Å²) in [5, 5.41) is 0. The maximum absolute atomic E-state index is 12.2. The first-order valence-electron chi connectivity index (χ1n) is 6.57. The van der Waals surface area contributed by atoms with Crippen LogP contribution in [0.5, 0.6) is 5.75 Å². The van der Waals surface area contributed by atoms with Crippen LogP contribution in [0.2, 0.25) is 0 Å². The second kappa shape index (κ2) is 6.34. The van der Waals surface area contributed by atoms with Crippen LogP contribution in [0.3, 0.4) is 0 Å². The van der Waals surface area contributed by atoms with Crippen molar-refractivity contribution in [3.8, 4) is 5.75 Å². The zero-order chi connectivity index (χ0) is 17.4. The van der Waals surface area contributed by atoms with Crippen LogP contribution in [0.1, 0.15) is 0 Å². The van der Waals surface area contributed by atoms with Crippen LogP contribution < -0.4 is 15.4 Å². The number of anilines is 1. The van der Waals surface area contributed by atoms with E-state index in [0.29, 0.717) is 5.69 Å². The Morgan fingerprint density at radius 2 is 2.09 bits per heavy atom. The summed E-state index contributed by atoms with van der Waals surface area (Å²) in [7, 11) is -0.896. The Kier molecular flexibility index (Phi) is 4.83. The van der Waals surface area contributed by atoms with Crippen molar-refractivity contribution in [2.24, 2.45) is 5.73 Å².